The molecule has 0 saturated heterocycles. The second kappa shape index (κ2) is 10.7. The molecule has 2 aromatic carbocycles. The molecule has 1 unspecified atom stereocenters. The number of nitrogens with one attached hydrogen (secondary N) is 1. The molecule has 3 heterocycles. The number of hydrogen-bond donors (Lipinski definition) is 1. The number of amides is 1. The third-order valence-corrected chi connectivity index (χ3v) is 7.83. The van der Waals surface area contributed by atoms with Gasteiger partial charge in [0.2, 0.25) is 0 Å². The van der Waals surface area contributed by atoms with E-state index in [-0.39, 0.29) is 12.0 Å². The van der Waals surface area contributed by atoms with Crippen molar-refractivity contribution in [2.45, 2.75) is 44.2 Å². The van der Waals surface area contributed by atoms with Crippen molar-refractivity contribution in [1.29, 1.82) is 0 Å². The van der Waals surface area contributed by atoms with Gasteiger partial charge in [-0.2, -0.15) is 5.10 Å². The molecular weight excluding hydrogens is 498 g/mol. The van der Waals surface area contributed by atoms with Gasteiger partial charge < -0.3 is 10.1 Å². The molecule has 1 N–H and O–H groups in total. The average Bonchev–Trinajstić information content (AvgIpc) is 3.61. The highest BCUT2D eigenvalue weighted by atomic mass is 16.5. The Morgan fingerprint density at radius 2 is 1.90 bits per heavy atom. The lowest BCUT2D eigenvalue weighted by atomic mass is 9.96. The smallest absolute Gasteiger partial charge is 0.252 e. The first kappa shape index (κ1) is 25.9. The summed E-state index contributed by atoms with van der Waals surface area (Å²) >= 11 is 0. The van der Waals surface area contributed by atoms with Gasteiger partial charge in [0, 0.05) is 55.2 Å². The van der Waals surface area contributed by atoms with Gasteiger partial charge in [-0.3, -0.25) is 14.5 Å². The standard InChI is InChI=1S/C33H33N5O2/c1-22-16-23(17-26(40-3)18-25-8-6-7-15-34-25)11-12-27(22)32(39)37-33(13-14-33)29-19-31(24-20-35-38(2)21-24)36-30-10-5-4-9-28(29)30/h4-12,15-16,19-21,26H,13-14,17-18H2,1-3H3,(H,37,39). The van der Waals surface area contributed by atoms with Crippen LogP contribution in [-0.4, -0.2) is 38.9 Å². The van der Waals surface area contributed by atoms with Gasteiger partial charge >= 0.3 is 0 Å². The van der Waals surface area contributed by atoms with Crippen molar-refractivity contribution >= 4 is 16.8 Å². The fraction of sp³-hybridized carbons (Fsp3) is 0.273. The summed E-state index contributed by atoms with van der Waals surface area (Å²) in [6, 6.07) is 22.3. The molecule has 0 bridgehead atoms. The lowest BCUT2D eigenvalue weighted by molar-refractivity contribution is 0.0930. The van der Waals surface area contributed by atoms with E-state index in [4.69, 9.17) is 9.72 Å². The Hall–Kier alpha value is -4.36. The number of para-hydroxylation sites is 1. The molecule has 1 aliphatic rings. The normalized spacial score (nSPS) is 14.7. The molecule has 40 heavy (non-hydrogen) atoms. The molecule has 0 spiro atoms. The van der Waals surface area contributed by atoms with E-state index >= 15 is 0 Å². The molecule has 1 aliphatic carbocycles. The number of aryl methyl sites for hydroxylation is 2. The van der Waals surface area contributed by atoms with E-state index in [1.165, 1.54) is 0 Å². The molecule has 5 aromatic rings. The van der Waals surface area contributed by atoms with Crippen LogP contribution in [0.4, 0.5) is 0 Å². The first-order valence-corrected chi connectivity index (χ1v) is 13.7. The van der Waals surface area contributed by atoms with Crippen LogP contribution in [0.15, 0.2) is 85.3 Å². The highest BCUT2D eigenvalue weighted by Gasteiger charge is 2.47. The lowest BCUT2D eigenvalue weighted by Gasteiger charge is -2.22. The Kier molecular flexibility index (Phi) is 6.90. The summed E-state index contributed by atoms with van der Waals surface area (Å²) in [7, 11) is 3.64. The number of fused-ring (bicyclic) bond motifs is 1. The molecule has 7 heteroatoms. The number of ether oxygens (including phenoxy) is 1. The van der Waals surface area contributed by atoms with Gasteiger partial charge in [0.25, 0.3) is 5.91 Å². The summed E-state index contributed by atoms with van der Waals surface area (Å²) in [4.78, 5) is 23.0. The number of carbonyl (C=O) groups is 1. The lowest BCUT2D eigenvalue weighted by Crippen LogP contribution is -2.35. The van der Waals surface area contributed by atoms with E-state index < -0.39 is 5.54 Å². The Morgan fingerprint density at radius 3 is 2.60 bits per heavy atom. The molecule has 1 fully saturated rings. The fourth-order valence-electron chi connectivity index (χ4n) is 5.51. The van der Waals surface area contributed by atoms with Crippen LogP contribution in [0.5, 0.6) is 0 Å². The SMILES string of the molecule is COC(Cc1ccc(C(=O)NC2(c3cc(-c4cnn(C)c4)nc4ccccc34)CC2)c(C)c1)Cc1ccccn1. The summed E-state index contributed by atoms with van der Waals surface area (Å²) in [5.74, 6) is -0.0536. The zero-order valence-electron chi connectivity index (χ0n) is 23.1. The number of aromatic nitrogens is 4. The Bertz CT molecular complexity index is 1670. The van der Waals surface area contributed by atoms with Crippen LogP contribution < -0.4 is 5.32 Å². The van der Waals surface area contributed by atoms with Crippen molar-refractivity contribution in [3.05, 3.63) is 113 Å². The molecule has 1 amide bonds. The van der Waals surface area contributed by atoms with E-state index in [2.05, 4.69) is 33.6 Å². The fourth-order valence-corrected chi connectivity index (χ4v) is 5.51. The molecule has 202 valence electrons. The number of rotatable bonds is 9. The second-order valence-electron chi connectivity index (χ2n) is 10.7. The predicted molar refractivity (Wildman–Crippen MR) is 156 cm³/mol. The summed E-state index contributed by atoms with van der Waals surface area (Å²) in [5.41, 5.74) is 7.23. The van der Waals surface area contributed by atoms with E-state index in [9.17, 15) is 4.79 Å². The third kappa shape index (κ3) is 5.25. The predicted octanol–water partition coefficient (Wildman–Crippen LogP) is 5.56. The number of carbonyl (C=O) groups excluding carboxylic acids is 1. The molecule has 0 aliphatic heterocycles. The molecule has 1 atom stereocenters. The van der Waals surface area contributed by atoms with Crippen molar-refractivity contribution in [2.75, 3.05) is 7.11 Å². The third-order valence-electron chi connectivity index (χ3n) is 7.83. The summed E-state index contributed by atoms with van der Waals surface area (Å²) in [6.45, 7) is 2.00. The minimum absolute atomic E-state index is 0.0118. The van der Waals surface area contributed by atoms with Gasteiger partial charge in [-0.05, 0) is 73.2 Å². The van der Waals surface area contributed by atoms with Crippen LogP contribution in [0.2, 0.25) is 0 Å². The first-order chi connectivity index (χ1) is 19.4. The quantitative estimate of drug-likeness (QED) is 0.269. The molecule has 7 nitrogen and oxygen atoms in total. The maximum Gasteiger partial charge on any atom is 0.252 e. The minimum atomic E-state index is -0.411. The number of methoxy groups -OCH3 is 1. The van der Waals surface area contributed by atoms with Gasteiger partial charge in [-0.1, -0.05) is 36.4 Å². The maximum atomic E-state index is 13.6. The molecular formula is C33H33N5O2. The second-order valence-corrected chi connectivity index (χ2v) is 10.7. The monoisotopic (exact) mass is 531 g/mol. The van der Waals surface area contributed by atoms with Crippen LogP contribution in [-0.2, 0) is 30.2 Å². The van der Waals surface area contributed by atoms with Crippen molar-refractivity contribution in [1.82, 2.24) is 25.1 Å². The molecule has 0 radical (unpaired) electrons. The highest BCUT2D eigenvalue weighted by Crippen LogP contribution is 2.48. The summed E-state index contributed by atoms with van der Waals surface area (Å²) in [5, 5.41) is 8.79. The summed E-state index contributed by atoms with van der Waals surface area (Å²) in [6.07, 6.45) is 8.88. The molecule has 6 rings (SSSR count). The van der Waals surface area contributed by atoms with Crippen molar-refractivity contribution in [3.8, 4) is 11.3 Å². The van der Waals surface area contributed by atoms with Crippen LogP contribution in [0.3, 0.4) is 0 Å². The van der Waals surface area contributed by atoms with E-state index in [0.717, 1.165) is 70.2 Å². The van der Waals surface area contributed by atoms with Gasteiger partial charge in [-0.25, -0.2) is 4.98 Å². The summed E-state index contributed by atoms with van der Waals surface area (Å²) < 4.78 is 7.53. The van der Waals surface area contributed by atoms with Gasteiger partial charge in [0.15, 0.2) is 0 Å². The maximum absolute atomic E-state index is 13.6. The van der Waals surface area contributed by atoms with Gasteiger partial charge in [0.05, 0.1) is 29.1 Å². The molecule has 3 aromatic heterocycles. The Morgan fingerprint density at radius 1 is 1.07 bits per heavy atom. The van der Waals surface area contributed by atoms with Crippen LogP contribution in [0.1, 0.15) is 45.6 Å². The van der Waals surface area contributed by atoms with Crippen LogP contribution in [0, 0.1) is 6.92 Å². The first-order valence-electron chi connectivity index (χ1n) is 13.7. The zero-order valence-corrected chi connectivity index (χ0v) is 23.1. The number of nitrogens with zero attached hydrogens (tertiary/aromatic N) is 4. The van der Waals surface area contributed by atoms with Crippen molar-refractivity contribution in [2.24, 2.45) is 7.05 Å². The average molecular weight is 532 g/mol. The van der Waals surface area contributed by atoms with Gasteiger partial charge in [0.1, 0.15) is 0 Å². The highest BCUT2D eigenvalue weighted by molar-refractivity contribution is 5.97. The van der Waals surface area contributed by atoms with Crippen LogP contribution >= 0.6 is 0 Å². The number of pyridine rings is 2. The number of hydrogen-bond acceptors (Lipinski definition) is 5. The van der Waals surface area contributed by atoms with Crippen molar-refractivity contribution < 1.29 is 9.53 Å². The van der Waals surface area contributed by atoms with E-state index in [1.54, 1.807) is 18.0 Å². The largest absolute Gasteiger partial charge is 0.381 e. The molecule has 1 saturated carbocycles. The Balaban J connectivity index is 1.24. The van der Waals surface area contributed by atoms with E-state index in [0.29, 0.717) is 5.56 Å². The van der Waals surface area contributed by atoms with E-state index in [1.807, 2.05) is 74.9 Å². The Labute approximate surface area is 234 Å². The topological polar surface area (TPSA) is 81.9 Å². The zero-order chi connectivity index (χ0) is 27.7. The number of benzene rings is 2. The van der Waals surface area contributed by atoms with Gasteiger partial charge in [-0.15, -0.1) is 0 Å². The minimum Gasteiger partial charge on any atom is -0.381 e. The van der Waals surface area contributed by atoms with Crippen LogP contribution in [0.25, 0.3) is 22.2 Å². The van der Waals surface area contributed by atoms with Crippen molar-refractivity contribution in [3.63, 3.8) is 0 Å².